The van der Waals surface area contributed by atoms with Crippen molar-refractivity contribution in [1.82, 2.24) is 0 Å². The van der Waals surface area contributed by atoms with E-state index < -0.39 is 0 Å². The zero-order chi connectivity index (χ0) is 11.0. The van der Waals surface area contributed by atoms with E-state index in [9.17, 15) is 4.79 Å². The zero-order valence-electron chi connectivity index (χ0n) is 8.95. The van der Waals surface area contributed by atoms with Gasteiger partial charge < -0.3 is 10.2 Å². The lowest BCUT2D eigenvalue weighted by Gasteiger charge is -2.35. The largest absolute Gasteiger partial charge is 0.333 e. The van der Waals surface area contributed by atoms with E-state index in [0.29, 0.717) is 5.70 Å². The van der Waals surface area contributed by atoms with Crippen molar-refractivity contribution in [2.24, 2.45) is 0 Å². The molecule has 0 aromatic heterocycles. The highest BCUT2D eigenvalue weighted by Crippen LogP contribution is 2.33. The molecule has 1 N–H and O–H groups in total. The number of anilines is 2. The molecule has 1 heterocycles. The first-order chi connectivity index (χ1) is 7.11. The predicted molar refractivity (Wildman–Crippen MR) is 61.8 cm³/mol. The van der Waals surface area contributed by atoms with Gasteiger partial charge in [-0.15, -0.1) is 0 Å². The zero-order valence-corrected chi connectivity index (χ0v) is 8.95. The highest BCUT2D eigenvalue weighted by Gasteiger charge is 2.27. The number of benzene rings is 1. The van der Waals surface area contributed by atoms with E-state index in [1.807, 2.05) is 43.0 Å². The molecule has 1 aromatic rings. The van der Waals surface area contributed by atoms with Gasteiger partial charge in [-0.1, -0.05) is 18.7 Å². The average molecular weight is 202 g/mol. The highest BCUT2D eigenvalue weighted by molar-refractivity contribution is 6.11. The molecule has 0 fully saturated rings. The van der Waals surface area contributed by atoms with Crippen LogP contribution in [0.1, 0.15) is 13.8 Å². The molecule has 1 amide bonds. The van der Waals surface area contributed by atoms with Gasteiger partial charge in [0.2, 0.25) is 0 Å². The van der Waals surface area contributed by atoms with Crippen molar-refractivity contribution in [3.8, 4) is 0 Å². The van der Waals surface area contributed by atoms with Gasteiger partial charge in [-0.3, -0.25) is 4.79 Å². The number of hydrogen-bond donors (Lipinski definition) is 1. The number of rotatable bonds is 1. The SMILES string of the molecule is C=C1C(=O)Nc2ccccc2N1C(C)C. The molecule has 0 atom stereocenters. The highest BCUT2D eigenvalue weighted by atomic mass is 16.2. The quantitative estimate of drug-likeness (QED) is 0.709. The van der Waals surface area contributed by atoms with Crippen LogP contribution in [0.2, 0.25) is 0 Å². The number of amides is 1. The van der Waals surface area contributed by atoms with Gasteiger partial charge in [0, 0.05) is 6.04 Å². The standard InChI is InChI=1S/C12H14N2O/c1-8(2)14-9(3)12(15)13-10-6-4-5-7-11(10)14/h4-8H,3H2,1-2H3,(H,13,15). The van der Waals surface area contributed by atoms with Gasteiger partial charge in [0.15, 0.2) is 0 Å². The van der Waals surface area contributed by atoms with Crippen LogP contribution in [-0.2, 0) is 4.79 Å². The summed E-state index contributed by atoms with van der Waals surface area (Å²) in [5.74, 6) is -0.123. The number of nitrogens with one attached hydrogen (secondary N) is 1. The fraction of sp³-hybridized carbons (Fsp3) is 0.250. The minimum Gasteiger partial charge on any atom is -0.333 e. The van der Waals surface area contributed by atoms with E-state index in [2.05, 4.69) is 11.9 Å². The summed E-state index contributed by atoms with van der Waals surface area (Å²) in [5.41, 5.74) is 2.37. The van der Waals surface area contributed by atoms with E-state index in [1.54, 1.807) is 0 Å². The van der Waals surface area contributed by atoms with Crippen LogP contribution in [0, 0.1) is 0 Å². The Morgan fingerprint density at radius 3 is 2.67 bits per heavy atom. The molecule has 0 aliphatic carbocycles. The van der Waals surface area contributed by atoms with Crippen molar-refractivity contribution in [2.75, 3.05) is 10.2 Å². The summed E-state index contributed by atoms with van der Waals surface area (Å²) < 4.78 is 0. The average Bonchev–Trinajstić information content (AvgIpc) is 2.19. The Morgan fingerprint density at radius 2 is 2.00 bits per heavy atom. The van der Waals surface area contributed by atoms with Gasteiger partial charge in [0.25, 0.3) is 5.91 Å². The first-order valence-corrected chi connectivity index (χ1v) is 5.00. The number of hydrogen-bond acceptors (Lipinski definition) is 2. The molecule has 0 saturated carbocycles. The Balaban J connectivity index is 2.54. The summed E-state index contributed by atoms with van der Waals surface area (Å²) in [6.45, 7) is 7.90. The third-order valence-corrected chi connectivity index (χ3v) is 2.48. The fourth-order valence-corrected chi connectivity index (χ4v) is 1.83. The molecular formula is C12H14N2O. The minimum absolute atomic E-state index is 0.123. The van der Waals surface area contributed by atoms with E-state index in [0.717, 1.165) is 11.4 Å². The van der Waals surface area contributed by atoms with Crippen molar-refractivity contribution < 1.29 is 4.79 Å². The van der Waals surface area contributed by atoms with Gasteiger partial charge in [-0.05, 0) is 26.0 Å². The molecule has 3 heteroatoms. The van der Waals surface area contributed by atoms with Crippen LogP contribution in [0.4, 0.5) is 11.4 Å². The Kier molecular flexibility index (Phi) is 2.23. The van der Waals surface area contributed by atoms with E-state index in [1.165, 1.54) is 0 Å². The van der Waals surface area contributed by atoms with Crippen LogP contribution in [0.25, 0.3) is 0 Å². The second-order valence-electron chi connectivity index (χ2n) is 3.88. The first kappa shape index (κ1) is 9.77. The van der Waals surface area contributed by atoms with Crippen molar-refractivity contribution >= 4 is 17.3 Å². The maximum atomic E-state index is 11.6. The summed E-state index contributed by atoms with van der Waals surface area (Å²) in [6, 6.07) is 7.98. The summed E-state index contributed by atoms with van der Waals surface area (Å²) >= 11 is 0. The van der Waals surface area contributed by atoms with Crippen LogP contribution >= 0.6 is 0 Å². The maximum Gasteiger partial charge on any atom is 0.271 e. The van der Waals surface area contributed by atoms with E-state index in [4.69, 9.17) is 0 Å². The van der Waals surface area contributed by atoms with Crippen molar-refractivity contribution in [3.05, 3.63) is 36.5 Å². The number of fused-ring (bicyclic) bond motifs is 1. The summed E-state index contributed by atoms with van der Waals surface area (Å²) in [5, 5.41) is 2.81. The van der Waals surface area contributed by atoms with E-state index >= 15 is 0 Å². The lowest BCUT2D eigenvalue weighted by molar-refractivity contribution is -0.113. The van der Waals surface area contributed by atoms with Crippen molar-refractivity contribution in [1.29, 1.82) is 0 Å². The normalized spacial score (nSPS) is 15.3. The molecule has 0 unspecified atom stereocenters. The summed E-state index contributed by atoms with van der Waals surface area (Å²) in [4.78, 5) is 13.6. The topological polar surface area (TPSA) is 32.3 Å². The summed E-state index contributed by atoms with van der Waals surface area (Å²) in [6.07, 6.45) is 0. The number of carbonyl (C=O) groups is 1. The van der Waals surface area contributed by atoms with Gasteiger partial charge in [0.1, 0.15) is 5.70 Å². The van der Waals surface area contributed by atoms with Crippen molar-refractivity contribution in [3.63, 3.8) is 0 Å². The van der Waals surface area contributed by atoms with Crippen LogP contribution in [0.3, 0.4) is 0 Å². The minimum atomic E-state index is -0.123. The first-order valence-electron chi connectivity index (χ1n) is 5.00. The predicted octanol–water partition coefficient (Wildman–Crippen LogP) is 2.37. The molecule has 0 saturated heterocycles. The molecule has 78 valence electrons. The molecule has 2 rings (SSSR count). The molecule has 3 nitrogen and oxygen atoms in total. The number of carbonyl (C=O) groups excluding carboxylic acids is 1. The Hall–Kier alpha value is -1.77. The van der Waals surface area contributed by atoms with Gasteiger partial charge in [0.05, 0.1) is 11.4 Å². The maximum absolute atomic E-state index is 11.6. The number of para-hydroxylation sites is 2. The molecule has 1 aliphatic rings. The summed E-state index contributed by atoms with van der Waals surface area (Å²) in [7, 11) is 0. The number of nitrogens with zero attached hydrogens (tertiary/aromatic N) is 1. The lowest BCUT2D eigenvalue weighted by Crippen LogP contribution is -2.39. The van der Waals surface area contributed by atoms with Crippen LogP contribution in [-0.4, -0.2) is 11.9 Å². The molecular weight excluding hydrogens is 188 g/mol. The smallest absolute Gasteiger partial charge is 0.271 e. The van der Waals surface area contributed by atoms with Gasteiger partial charge in [-0.2, -0.15) is 0 Å². The Morgan fingerprint density at radius 1 is 1.33 bits per heavy atom. The molecule has 1 aliphatic heterocycles. The van der Waals surface area contributed by atoms with Gasteiger partial charge in [-0.25, -0.2) is 0 Å². The lowest BCUT2D eigenvalue weighted by atomic mass is 10.1. The van der Waals surface area contributed by atoms with Gasteiger partial charge >= 0.3 is 0 Å². The van der Waals surface area contributed by atoms with Crippen LogP contribution in [0.5, 0.6) is 0 Å². The molecule has 1 aromatic carbocycles. The molecule has 15 heavy (non-hydrogen) atoms. The fourth-order valence-electron chi connectivity index (χ4n) is 1.83. The van der Waals surface area contributed by atoms with Crippen LogP contribution in [0.15, 0.2) is 36.5 Å². The second-order valence-corrected chi connectivity index (χ2v) is 3.88. The Bertz CT molecular complexity index is 423. The van der Waals surface area contributed by atoms with E-state index in [-0.39, 0.29) is 11.9 Å². The Labute approximate surface area is 89.4 Å². The second kappa shape index (κ2) is 3.42. The van der Waals surface area contributed by atoms with Crippen LogP contribution < -0.4 is 10.2 Å². The monoisotopic (exact) mass is 202 g/mol. The molecule has 0 radical (unpaired) electrons. The van der Waals surface area contributed by atoms with Crippen molar-refractivity contribution in [2.45, 2.75) is 19.9 Å². The molecule has 0 bridgehead atoms. The third kappa shape index (κ3) is 1.50. The third-order valence-electron chi connectivity index (χ3n) is 2.48. The molecule has 0 spiro atoms.